The third-order valence-electron chi connectivity index (χ3n) is 3.10. The Hall–Kier alpha value is -2.57. The standard InChI is InChI=1S/C17H13ClN2O3S/c18-17-11-10-16(12-19-17)24(21,22)20-13-6-8-15(9-7-13)23-14-4-2-1-3-5-14/h1-12,20H. The van der Waals surface area contributed by atoms with Crippen molar-refractivity contribution in [3.63, 3.8) is 0 Å². The number of para-hydroxylation sites is 1. The maximum atomic E-state index is 12.3. The van der Waals surface area contributed by atoms with Crippen LogP contribution in [0.3, 0.4) is 0 Å². The van der Waals surface area contributed by atoms with Crippen LogP contribution >= 0.6 is 11.6 Å². The normalized spacial score (nSPS) is 11.0. The Balaban J connectivity index is 1.73. The topological polar surface area (TPSA) is 68.3 Å². The molecule has 122 valence electrons. The lowest BCUT2D eigenvalue weighted by molar-refractivity contribution is 0.483. The summed E-state index contributed by atoms with van der Waals surface area (Å²) >= 11 is 5.67. The van der Waals surface area contributed by atoms with Crippen LogP contribution in [0.1, 0.15) is 0 Å². The maximum Gasteiger partial charge on any atom is 0.263 e. The first kappa shape index (κ1) is 16.3. The van der Waals surface area contributed by atoms with Gasteiger partial charge in [-0.05, 0) is 48.5 Å². The van der Waals surface area contributed by atoms with E-state index in [1.165, 1.54) is 18.3 Å². The van der Waals surface area contributed by atoms with E-state index in [0.29, 0.717) is 17.2 Å². The molecule has 1 heterocycles. The quantitative estimate of drug-likeness (QED) is 0.688. The zero-order valence-electron chi connectivity index (χ0n) is 12.4. The van der Waals surface area contributed by atoms with Gasteiger partial charge >= 0.3 is 0 Å². The van der Waals surface area contributed by atoms with Crippen LogP contribution in [0.4, 0.5) is 5.69 Å². The van der Waals surface area contributed by atoms with Crippen LogP contribution in [0, 0.1) is 0 Å². The summed E-state index contributed by atoms with van der Waals surface area (Å²) in [6.07, 6.45) is 1.21. The first-order valence-corrected chi connectivity index (χ1v) is 8.86. The summed E-state index contributed by atoms with van der Waals surface area (Å²) in [6, 6.07) is 18.8. The molecule has 0 bridgehead atoms. The summed E-state index contributed by atoms with van der Waals surface area (Å²) in [5.74, 6) is 1.32. The van der Waals surface area contributed by atoms with E-state index >= 15 is 0 Å². The molecule has 1 aromatic heterocycles. The third-order valence-corrected chi connectivity index (χ3v) is 4.69. The number of hydrogen-bond donors (Lipinski definition) is 1. The summed E-state index contributed by atoms with van der Waals surface area (Å²) < 4.78 is 32.7. The number of benzene rings is 2. The van der Waals surface area contributed by atoms with Crippen molar-refractivity contribution in [2.45, 2.75) is 4.90 Å². The fourth-order valence-electron chi connectivity index (χ4n) is 1.95. The Bertz CT molecular complexity index is 912. The highest BCUT2D eigenvalue weighted by molar-refractivity contribution is 7.92. The van der Waals surface area contributed by atoms with Gasteiger partial charge in [-0.1, -0.05) is 29.8 Å². The molecule has 0 radical (unpaired) electrons. The van der Waals surface area contributed by atoms with Gasteiger partial charge in [-0.25, -0.2) is 13.4 Å². The lowest BCUT2D eigenvalue weighted by atomic mass is 10.3. The highest BCUT2D eigenvalue weighted by Gasteiger charge is 2.14. The molecule has 2 aromatic carbocycles. The molecule has 0 fully saturated rings. The zero-order valence-corrected chi connectivity index (χ0v) is 14.0. The molecule has 24 heavy (non-hydrogen) atoms. The largest absolute Gasteiger partial charge is 0.457 e. The Kier molecular flexibility index (Phi) is 4.69. The van der Waals surface area contributed by atoms with Crippen molar-refractivity contribution in [3.8, 4) is 11.5 Å². The van der Waals surface area contributed by atoms with Gasteiger partial charge < -0.3 is 4.74 Å². The average molecular weight is 361 g/mol. The van der Waals surface area contributed by atoms with Crippen LogP contribution in [0.2, 0.25) is 5.15 Å². The fourth-order valence-corrected chi connectivity index (χ4v) is 3.07. The van der Waals surface area contributed by atoms with Crippen molar-refractivity contribution in [1.29, 1.82) is 0 Å². The molecule has 0 spiro atoms. The summed E-state index contributed by atoms with van der Waals surface area (Å²) in [5.41, 5.74) is 0.422. The van der Waals surface area contributed by atoms with Gasteiger partial charge in [-0.2, -0.15) is 0 Å². The number of rotatable bonds is 5. The molecule has 0 saturated carbocycles. The van der Waals surface area contributed by atoms with Crippen LogP contribution in [-0.2, 0) is 10.0 Å². The van der Waals surface area contributed by atoms with Crippen LogP contribution < -0.4 is 9.46 Å². The van der Waals surface area contributed by atoms with E-state index in [9.17, 15) is 8.42 Å². The van der Waals surface area contributed by atoms with Gasteiger partial charge in [0.05, 0.1) is 0 Å². The van der Waals surface area contributed by atoms with E-state index in [1.807, 2.05) is 30.3 Å². The van der Waals surface area contributed by atoms with Crippen molar-refractivity contribution in [1.82, 2.24) is 4.98 Å². The number of halogens is 1. The number of aromatic nitrogens is 1. The molecule has 0 aliphatic rings. The minimum Gasteiger partial charge on any atom is -0.457 e. The Morgan fingerprint density at radius 1 is 0.875 bits per heavy atom. The first-order chi connectivity index (χ1) is 11.5. The summed E-state index contributed by atoms with van der Waals surface area (Å²) in [4.78, 5) is 3.81. The second-order valence-corrected chi connectivity index (χ2v) is 6.93. The molecular formula is C17H13ClN2O3S. The minimum absolute atomic E-state index is 0.0384. The van der Waals surface area contributed by atoms with Gasteiger partial charge in [0, 0.05) is 11.9 Å². The Morgan fingerprint density at radius 3 is 2.17 bits per heavy atom. The van der Waals surface area contributed by atoms with E-state index in [4.69, 9.17) is 16.3 Å². The SMILES string of the molecule is O=S(=O)(Nc1ccc(Oc2ccccc2)cc1)c1ccc(Cl)nc1. The van der Waals surface area contributed by atoms with E-state index in [2.05, 4.69) is 9.71 Å². The molecule has 0 amide bonds. The van der Waals surface area contributed by atoms with Crippen molar-refractivity contribution < 1.29 is 13.2 Å². The van der Waals surface area contributed by atoms with Gasteiger partial charge in [0.2, 0.25) is 0 Å². The number of nitrogens with zero attached hydrogens (tertiary/aromatic N) is 1. The highest BCUT2D eigenvalue weighted by Crippen LogP contribution is 2.24. The predicted octanol–water partition coefficient (Wildman–Crippen LogP) is 4.33. The van der Waals surface area contributed by atoms with Crippen LogP contribution in [0.15, 0.2) is 77.8 Å². The van der Waals surface area contributed by atoms with E-state index < -0.39 is 10.0 Å². The average Bonchev–Trinajstić information content (AvgIpc) is 2.58. The molecule has 0 aliphatic heterocycles. The molecule has 0 atom stereocenters. The van der Waals surface area contributed by atoms with Crippen LogP contribution in [0.5, 0.6) is 11.5 Å². The number of pyridine rings is 1. The summed E-state index contributed by atoms with van der Waals surface area (Å²) in [5, 5.41) is 0.233. The Morgan fingerprint density at radius 2 is 1.54 bits per heavy atom. The van der Waals surface area contributed by atoms with Gasteiger partial charge in [-0.3, -0.25) is 4.72 Å². The summed E-state index contributed by atoms with van der Waals surface area (Å²) in [6.45, 7) is 0. The van der Waals surface area contributed by atoms with Gasteiger partial charge in [0.25, 0.3) is 10.0 Å². The van der Waals surface area contributed by atoms with Crippen molar-refractivity contribution in [2.24, 2.45) is 0 Å². The number of anilines is 1. The monoisotopic (exact) mass is 360 g/mol. The molecule has 3 rings (SSSR count). The maximum absolute atomic E-state index is 12.3. The van der Waals surface area contributed by atoms with Crippen molar-refractivity contribution in [2.75, 3.05) is 4.72 Å². The van der Waals surface area contributed by atoms with E-state index in [1.54, 1.807) is 24.3 Å². The number of nitrogens with one attached hydrogen (secondary N) is 1. The minimum atomic E-state index is -3.71. The lowest BCUT2D eigenvalue weighted by Crippen LogP contribution is -2.13. The van der Waals surface area contributed by atoms with Gasteiger partial charge in [0.15, 0.2) is 0 Å². The second kappa shape index (κ2) is 6.90. The molecular weight excluding hydrogens is 348 g/mol. The third kappa shape index (κ3) is 4.04. The van der Waals surface area contributed by atoms with Crippen LogP contribution in [0.25, 0.3) is 0 Å². The van der Waals surface area contributed by atoms with Crippen LogP contribution in [-0.4, -0.2) is 13.4 Å². The molecule has 1 N–H and O–H groups in total. The fraction of sp³-hybridized carbons (Fsp3) is 0. The van der Waals surface area contributed by atoms with E-state index in [0.717, 1.165) is 0 Å². The smallest absolute Gasteiger partial charge is 0.263 e. The van der Waals surface area contributed by atoms with Crippen molar-refractivity contribution >= 4 is 27.3 Å². The van der Waals surface area contributed by atoms with Gasteiger partial charge in [0.1, 0.15) is 21.5 Å². The second-order valence-electron chi connectivity index (χ2n) is 4.86. The Labute approximate surface area is 144 Å². The highest BCUT2D eigenvalue weighted by atomic mass is 35.5. The van der Waals surface area contributed by atoms with E-state index in [-0.39, 0.29) is 10.0 Å². The number of sulfonamides is 1. The number of ether oxygens (including phenoxy) is 1. The first-order valence-electron chi connectivity index (χ1n) is 7.00. The molecule has 0 saturated heterocycles. The molecule has 7 heteroatoms. The molecule has 0 aliphatic carbocycles. The molecule has 5 nitrogen and oxygen atoms in total. The molecule has 3 aromatic rings. The predicted molar refractivity (Wildman–Crippen MR) is 93.0 cm³/mol. The molecule has 0 unspecified atom stereocenters. The lowest BCUT2D eigenvalue weighted by Gasteiger charge is -2.09. The van der Waals surface area contributed by atoms with Crippen molar-refractivity contribution in [3.05, 3.63) is 78.1 Å². The zero-order chi connectivity index (χ0) is 17.0. The van der Waals surface area contributed by atoms with Gasteiger partial charge in [-0.15, -0.1) is 0 Å². The summed E-state index contributed by atoms with van der Waals surface area (Å²) in [7, 11) is -3.71. The number of hydrogen-bond acceptors (Lipinski definition) is 4.